The molecular weight excluding hydrogens is 390 g/mol. The van der Waals surface area contributed by atoms with E-state index in [1.54, 1.807) is 41.8 Å². The van der Waals surface area contributed by atoms with Crippen molar-refractivity contribution in [2.24, 2.45) is 5.92 Å². The van der Waals surface area contributed by atoms with Crippen molar-refractivity contribution >= 4 is 34.1 Å². The van der Waals surface area contributed by atoms with Gasteiger partial charge in [-0.25, -0.2) is 4.79 Å². The Morgan fingerprint density at radius 2 is 1.86 bits per heavy atom. The number of amides is 2. The lowest BCUT2D eigenvalue weighted by Crippen LogP contribution is -2.47. The number of carbonyl (C=O) groups is 3. The number of nitrogens with zero attached hydrogens (tertiary/aromatic N) is 1. The summed E-state index contributed by atoms with van der Waals surface area (Å²) >= 11 is 1.21. The van der Waals surface area contributed by atoms with Gasteiger partial charge in [-0.2, -0.15) is 5.26 Å². The molecule has 0 fully saturated rings. The van der Waals surface area contributed by atoms with E-state index in [2.05, 4.69) is 10.6 Å². The first-order valence-electron chi connectivity index (χ1n) is 9.22. The highest BCUT2D eigenvalue weighted by atomic mass is 32.1. The number of hydrogen-bond acceptors (Lipinski definition) is 6. The molecule has 1 heterocycles. The van der Waals surface area contributed by atoms with Gasteiger partial charge in [0.2, 0.25) is 0 Å². The zero-order valence-electron chi connectivity index (χ0n) is 16.5. The predicted octanol–water partition coefficient (Wildman–Crippen LogP) is 3.33. The first-order valence-corrected chi connectivity index (χ1v) is 10.1. The van der Waals surface area contributed by atoms with E-state index in [1.165, 1.54) is 18.3 Å². The van der Waals surface area contributed by atoms with Gasteiger partial charge in [-0.3, -0.25) is 9.59 Å². The van der Waals surface area contributed by atoms with Gasteiger partial charge in [-0.1, -0.05) is 38.5 Å². The quantitative estimate of drug-likeness (QED) is 0.645. The molecular formula is C21H23N3O4S. The van der Waals surface area contributed by atoms with Gasteiger partial charge >= 0.3 is 5.97 Å². The van der Waals surface area contributed by atoms with Crippen LogP contribution in [0.2, 0.25) is 0 Å². The average Bonchev–Trinajstić information content (AvgIpc) is 3.18. The van der Waals surface area contributed by atoms with E-state index < -0.39 is 24.0 Å². The lowest BCUT2D eigenvalue weighted by molar-refractivity contribution is -0.156. The maximum Gasteiger partial charge on any atom is 0.329 e. The van der Waals surface area contributed by atoms with Crippen LogP contribution in [0.1, 0.15) is 43.1 Å². The Balaban J connectivity index is 2.04. The highest BCUT2D eigenvalue weighted by Crippen LogP contribution is 2.22. The molecule has 0 saturated carbocycles. The van der Waals surface area contributed by atoms with Gasteiger partial charge in [0.25, 0.3) is 11.8 Å². The van der Waals surface area contributed by atoms with E-state index in [0.717, 1.165) is 0 Å². The van der Waals surface area contributed by atoms with E-state index in [9.17, 15) is 14.4 Å². The van der Waals surface area contributed by atoms with E-state index >= 15 is 0 Å². The molecule has 7 nitrogen and oxygen atoms in total. The molecule has 2 amide bonds. The summed E-state index contributed by atoms with van der Waals surface area (Å²) in [7, 11) is 0. The summed E-state index contributed by atoms with van der Waals surface area (Å²) in [5.41, 5.74) is 0.774. The summed E-state index contributed by atoms with van der Waals surface area (Å²) < 4.78 is 5.31. The molecule has 8 heteroatoms. The maximum atomic E-state index is 12.7. The third kappa shape index (κ3) is 5.90. The number of esters is 1. The van der Waals surface area contributed by atoms with Gasteiger partial charge in [0.1, 0.15) is 17.1 Å². The highest BCUT2D eigenvalue weighted by Gasteiger charge is 2.30. The fourth-order valence-electron chi connectivity index (χ4n) is 2.49. The third-order valence-corrected chi connectivity index (χ3v) is 5.30. The first-order chi connectivity index (χ1) is 13.9. The number of nitriles is 1. The summed E-state index contributed by atoms with van der Waals surface area (Å²) in [5.74, 6) is -1.80. The molecule has 0 bridgehead atoms. The molecule has 0 saturated heterocycles. The monoisotopic (exact) mass is 413 g/mol. The molecule has 2 aromatic rings. The van der Waals surface area contributed by atoms with E-state index in [0.29, 0.717) is 22.5 Å². The Bertz CT molecular complexity index is 904. The minimum absolute atomic E-state index is 0.187. The smallest absolute Gasteiger partial charge is 0.329 e. The van der Waals surface area contributed by atoms with Crippen LogP contribution in [0.25, 0.3) is 0 Å². The molecule has 1 aromatic heterocycles. The second-order valence-corrected chi connectivity index (χ2v) is 7.46. The van der Waals surface area contributed by atoms with E-state index in [4.69, 9.17) is 10.00 Å². The summed E-state index contributed by atoms with van der Waals surface area (Å²) in [4.78, 5) is 37.5. The minimum Gasteiger partial charge on any atom is -0.451 e. The van der Waals surface area contributed by atoms with Gasteiger partial charge in [0, 0.05) is 5.56 Å². The molecule has 3 atom stereocenters. The zero-order valence-corrected chi connectivity index (χ0v) is 17.3. The van der Waals surface area contributed by atoms with Crippen LogP contribution < -0.4 is 10.6 Å². The number of hydrogen-bond donors (Lipinski definition) is 2. The summed E-state index contributed by atoms with van der Waals surface area (Å²) in [6, 6.07) is 11.2. The number of anilines is 1. The van der Waals surface area contributed by atoms with Crippen molar-refractivity contribution in [1.29, 1.82) is 5.26 Å². The van der Waals surface area contributed by atoms with E-state index in [-0.39, 0.29) is 11.8 Å². The fraction of sp³-hybridized carbons (Fsp3) is 0.333. The molecule has 0 radical (unpaired) electrons. The van der Waals surface area contributed by atoms with Crippen LogP contribution in [0.4, 0.5) is 5.00 Å². The van der Waals surface area contributed by atoms with Crippen LogP contribution in [-0.2, 0) is 14.3 Å². The summed E-state index contributed by atoms with van der Waals surface area (Å²) in [6.07, 6.45) is -0.452. The normalized spacial score (nSPS) is 13.4. The van der Waals surface area contributed by atoms with Crippen molar-refractivity contribution in [3.8, 4) is 6.07 Å². The standard InChI is InChI=1S/C21H23N3O4S/c1-4-13(2)17(23-19(26)15-8-6-5-7-9-15)21(27)28-14(3)18(25)24-20-16(12-22)10-11-29-20/h5-11,13-14,17H,4H2,1-3H3,(H,23,26)(H,24,25)/t13-,14-,17-/m0/s1. The lowest BCUT2D eigenvalue weighted by Gasteiger charge is -2.24. The number of carbonyl (C=O) groups excluding carboxylic acids is 3. The van der Waals surface area contributed by atoms with Crippen molar-refractivity contribution in [3.63, 3.8) is 0 Å². The van der Waals surface area contributed by atoms with Crippen LogP contribution in [0.15, 0.2) is 41.8 Å². The molecule has 1 aromatic carbocycles. The average molecular weight is 413 g/mol. The highest BCUT2D eigenvalue weighted by molar-refractivity contribution is 7.14. The Morgan fingerprint density at radius 3 is 2.48 bits per heavy atom. The number of rotatable bonds is 8. The van der Waals surface area contributed by atoms with Gasteiger partial charge in [-0.05, 0) is 36.4 Å². The molecule has 152 valence electrons. The Kier molecular flexibility index (Phi) is 7.92. The summed E-state index contributed by atoms with van der Waals surface area (Å²) in [5, 5.41) is 16.4. The zero-order chi connectivity index (χ0) is 21.4. The van der Waals surface area contributed by atoms with Gasteiger partial charge in [-0.15, -0.1) is 11.3 Å². The van der Waals surface area contributed by atoms with Gasteiger partial charge in [0.15, 0.2) is 6.10 Å². The number of benzene rings is 1. The molecule has 0 aliphatic heterocycles. The molecule has 2 N–H and O–H groups in total. The number of nitrogens with one attached hydrogen (secondary N) is 2. The van der Waals surface area contributed by atoms with Crippen molar-refractivity contribution in [3.05, 3.63) is 52.9 Å². The summed E-state index contributed by atoms with van der Waals surface area (Å²) in [6.45, 7) is 5.17. The van der Waals surface area contributed by atoms with Crippen LogP contribution in [0, 0.1) is 17.2 Å². The second-order valence-electron chi connectivity index (χ2n) is 6.55. The Morgan fingerprint density at radius 1 is 1.17 bits per heavy atom. The number of ether oxygens (including phenoxy) is 1. The molecule has 2 rings (SSSR count). The second kappa shape index (κ2) is 10.4. The van der Waals surface area contributed by atoms with Crippen LogP contribution in [0.5, 0.6) is 0 Å². The third-order valence-electron chi connectivity index (χ3n) is 4.47. The van der Waals surface area contributed by atoms with Crippen molar-refractivity contribution in [1.82, 2.24) is 5.32 Å². The van der Waals surface area contributed by atoms with Crippen LogP contribution >= 0.6 is 11.3 Å². The molecule has 0 spiro atoms. The topological polar surface area (TPSA) is 108 Å². The lowest BCUT2D eigenvalue weighted by atomic mass is 9.98. The van der Waals surface area contributed by atoms with E-state index in [1.807, 2.05) is 19.9 Å². The van der Waals surface area contributed by atoms with Gasteiger partial charge in [0.05, 0.1) is 5.56 Å². The van der Waals surface area contributed by atoms with Gasteiger partial charge < -0.3 is 15.4 Å². The van der Waals surface area contributed by atoms with Crippen molar-refractivity contribution in [2.45, 2.75) is 39.3 Å². The molecule has 0 aliphatic carbocycles. The predicted molar refractivity (Wildman–Crippen MR) is 110 cm³/mol. The Hall–Kier alpha value is -3.18. The van der Waals surface area contributed by atoms with Crippen molar-refractivity contribution in [2.75, 3.05) is 5.32 Å². The molecule has 29 heavy (non-hydrogen) atoms. The largest absolute Gasteiger partial charge is 0.451 e. The maximum absolute atomic E-state index is 12.7. The SMILES string of the molecule is CC[C@H](C)[C@H](NC(=O)c1ccccc1)C(=O)O[C@@H](C)C(=O)Nc1sccc1C#N. The minimum atomic E-state index is -1.09. The van der Waals surface area contributed by atoms with Crippen LogP contribution in [0.3, 0.4) is 0 Å². The Labute approximate surface area is 173 Å². The first kappa shape index (κ1) is 22.1. The van der Waals surface area contributed by atoms with Crippen LogP contribution in [-0.4, -0.2) is 29.9 Å². The van der Waals surface area contributed by atoms with Crippen molar-refractivity contribution < 1.29 is 19.1 Å². The molecule has 0 unspecified atom stereocenters. The fourth-order valence-corrected chi connectivity index (χ4v) is 3.23. The number of thiophene rings is 1. The molecule has 0 aliphatic rings.